The van der Waals surface area contributed by atoms with E-state index in [0.717, 1.165) is 52.3 Å². The normalized spacial score (nSPS) is 10.6. The summed E-state index contributed by atoms with van der Waals surface area (Å²) < 4.78 is 27.8. The average Bonchev–Trinajstić information content (AvgIpc) is 2.77. The molecule has 4 rings (SSSR count). The molecule has 148 valence electrons. The summed E-state index contributed by atoms with van der Waals surface area (Å²) in [6, 6.07) is 23.6. The largest absolute Gasteiger partial charge is 0.207 e. The highest BCUT2D eigenvalue weighted by atomic mass is 19.1. The molecule has 0 amide bonds. The Kier molecular flexibility index (Phi) is 5.91. The van der Waals surface area contributed by atoms with E-state index in [4.69, 9.17) is 0 Å². The van der Waals surface area contributed by atoms with Gasteiger partial charge < -0.3 is 0 Å². The predicted molar refractivity (Wildman–Crippen MR) is 120 cm³/mol. The second-order valence-corrected chi connectivity index (χ2v) is 7.45. The second kappa shape index (κ2) is 8.93. The molecule has 4 aromatic carbocycles. The molecule has 0 heterocycles. The summed E-state index contributed by atoms with van der Waals surface area (Å²) in [6.45, 7) is 2.14. The van der Waals surface area contributed by atoms with Crippen molar-refractivity contribution in [3.63, 3.8) is 0 Å². The van der Waals surface area contributed by atoms with Crippen LogP contribution in [0.3, 0.4) is 0 Å². The lowest BCUT2D eigenvalue weighted by molar-refractivity contribution is 0.627. The molecule has 0 fully saturated rings. The van der Waals surface area contributed by atoms with Crippen molar-refractivity contribution in [1.82, 2.24) is 0 Å². The molecule has 0 aromatic heterocycles. The summed E-state index contributed by atoms with van der Waals surface area (Å²) in [4.78, 5) is 0. The first-order valence-corrected chi connectivity index (χ1v) is 10.2. The molecule has 0 atom stereocenters. The molecule has 2 heteroatoms. The van der Waals surface area contributed by atoms with Gasteiger partial charge in [-0.05, 0) is 77.2 Å². The van der Waals surface area contributed by atoms with E-state index in [9.17, 15) is 8.78 Å². The van der Waals surface area contributed by atoms with Gasteiger partial charge in [-0.2, -0.15) is 0 Å². The highest BCUT2D eigenvalue weighted by Crippen LogP contribution is 2.25. The monoisotopic (exact) mass is 396 g/mol. The molecular weight excluding hydrogens is 374 g/mol. The molecule has 0 N–H and O–H groups in total. The van der Waals surface area contributed by atoms with Gasteiger partial charge in [0, 0.05) is 16.7 Å². The molecule has 4 aromatic rings. The van der Waals surface area contributed by atoms with Gasteiger partial charge in [0.25, 0.3) is 0 Å². The zero-order valence-corrected chi connectivity index (χ0v) is 16.9. The van der Waals surface area contributed by atoms with Crippen molar-refractivity contribution in [3.05, 3.63) is 107 Å². The zero-order chi connectivity index (χ0) is 20.9. The number of benzene rings is 4. The Morgan fingerprint density at radius 1 is 0.700 bits per heavy atom. The van der Waals surface area contributed by atoms with Crippen LogP contribution in [0.2, 0.25) is 0 Å². The van der Waals surface area contributed by atoms with Crippen molar-refractivity contribution in [3.8, 4) is 23.0 Å². The maximum atomic E-state index is 14.5. The summed E-state index contributed by atoms with van der Waals surface area (Å²) in [7, 11) is 0. The molecule has 0 unspecified atom stereocenters. The van der Waals surface area contributed by atoms with E-state index in [1.54, 1.807) is 12.1 Å². The van der Waals surface area contributed by atoms with Crippen LogP contribution in [0, 0.1) is 23.5 Å². The van der Waals surface area contributed by atoms with E-state index < -0.39 is 0 Å². The number of halogens is 2. The predicted octanol–water partition coefficient (Wildman–Crippen LogP) is 7.53. The van der Waals surface area contributed by atoms with Crippen LogP contribution in [-0.2, 0) is 6.42 Å². The number of unbranched alkanes of at least 4 members (excludes halogenated alkanes) is 1. The summed E-state index contributed by atoms with van der Waals surface area (Å²) in [5.74, 6) is 5.86. The molecule has 0 spiro atoms. The maximum absolute atomic E-state index is 14.5. The molecule has 30 heavy (non-hydrogen) atoms. The van der Waals surface area contributed by atoms with Crippen molar-refractivity contribution in [1.29, 1.82) is 0 Å². The number of hydrogen-bond acceptors (Lipinski definition) is 0. The highest BCUT2D eigenvalue weighted by Gasteiger charge is 2.06. The van der Waals surface area contributed by atoms with Crippen molar-refractivity contribution >= 4 is 10.8 Å². The van der Waals surface area contributed by atoms with Crippen LogP contribution in [0.25, 0.3) is 21.9 Å². The fourth-order valence-electron chi connectivity index (χ4n) is 3.50. The first-order chi connectivity index (χ1) is 14.6. The fourth-order valence-corrected chi connectivity index (χ4v) is 3.50. The molecular formula is C28H22F2. The van der Waals surface area contributed by atoms with Gasteiger partial charge in [0.05, 0.1) is 0 Å². The third-order valence-electron chi connectivity index (χ3n) is 5.20. The minimum atomic E-state index is -0.242. The van der Waals surface area contributed by atoms with E-state index in [2.05, 4.69) is 18.8 Å². The van der Waals surface area contributed by atoms with Gasteiger partial charge in [0.15, 0.2) is 0 Å². The fraction of sp³-hybridized carbons (Fsp3) is 0.143. The number of fused-ring (bicyclic) bond motifs is 1. The van der Waals surface area contributed by atoms with Crippen LogP contribution in [0.5, 0.6) is 0 Å². The molecule has 0 radical (unpaired) electrons. The zero-order valence-electron chi connectivity index (χ0n) is 16.9. The Morgan fingerprint density at radius 2 is 1.40 bits per heavy atom. The van der Waals surface area contributed by atoms with E-state index >= 15 is 0 Å². The van der Waals surface area contributed by atoms with E-state index in [0.29, 0.717) is 5.56 Å². The summed E-state index contributed by atoms with van der Waals surface area (Å²) >= 11 is 0. The third-order valence-corrected chi connectivity index (χ3v) is 5.20. The van der Waals surface area contributed by atoms with Crippen LogP contribution in [0.4, 0.5) is 8.78 Å². The van der Waals surface area contributed by atoms with Crippen molar-refractivity contribution < 1.29 is 8.78 Å². The minimum Gasteiger partial charge on any atom is -0.207 e. The van der Waals surface area contributed by atoms with Crippen LogP contribution >= 0.6 is 0 Å². The Hall–Kier alpha value is -3.44. The van der Waals surface area contributed by atoms with Crippen LogP contribution in [0.1, 0.15) is 36.5 Å². The number of hydrogen-bond donors (Lipinski definition) is 0. The quantitative estimate of drug-likeness (QED) is 0.313. The lowest BCUT2D eigenvalue weighted by Gasteiger charge is -2.06. The lowest BCUT2D eigenvalue weighted by atomic mass is 10.00. The van der Waals surface area contributed by atoms with Crippen molar-refractivity contribution in [2.45, 2.75) is 26.2 Å². The Labute approximate surface area is 176 Å². The van der Waals surface area contributed by atoms with E-state index in [-0.39, 0.29) is 11.6 Å². The molecule has 0 bridgehead atoms. The first-order valence-electron chi connectivity index (χ1n) is 10.2. The maximum Gasteiger partial charge on any atom is 0.131 e. The minimum absolute atomic E-state index is 0.185. The van der Waals surface area contributed by atoms with Gasteiger partial charge >= 0.3 is 0 Å². The van der Waals surface area contributed by atoms with Gasteiger partial charge in [-0.1, -0.05) is 61.6 Å². The number of rotatable bonds is 4. The topological polar surface area (TPSA) is 0 Å². The highest BCUT2D eigenvalue weighted by molar-refractivity contribution is 5.84. The summed E-state index contributed by atoms with van der Waals surface area (Å²) in [5.41, 5.74) is 4.22. The standard InChI is InChI=1S/C28H22F2/c1-2-3-4-21-10-16-27(28(30)18-21)23-11-7-20(8-12-23)5-6-22-9-13-25-19-26(29)15-14-24(25)17-22/h7-19H,2-4H2,1H3. The Morgan fingerprint density at radius 3 is 2.17 bits per heavy atom. The van der Waals surface area contributed by atoms with Crippen molar-refractivity contribution in [2.24, 2.45) is 0 Å². The average molecular weight is 396 g/mol. The van der Waals surface area contributed by atoms with Crippen LogP contribution in [0.15, 0.2) is 78.9 Å². The third kappa shape index (κ3) is 4.58. The van der Waals surface area contributed by atoms with Gasteiger partial charge in [0.2, 0.25) is 0 Å². The molecule has 0 saturated carbocycles. The van der Waals surface area contributed by atoms with Gasteiger partial charge in [-0.3, -0.25) is 0 Å². The molecule has 0 aliphatic rings. The molecule has 0 aliphatic heterocycles. The molecule has 0 aliphatic carbocycles. The summed E-state index contributed by atoms with van der Waals surface area (Å²) in [5, 5.41) is 1.81. The van der Waals surface area contributed by atoms with Crippen LogP contribution < -0.4 is 0 Å². The second-order valence-electron chi connectivity index (χ2n) is 7.45. The number of aryl methyl sites for hydroxylation is 1. The Balaban J connectivity index is 1.53. The molecule has 0 saturated heterocycles. The summed E-state index contributed by atoms with van der Waals surface area (Å²) in [6.07, 6.45) is 3.08. The molecule has 0 nitrogen and oxygen atoms in total. The van der Waals surface area contributed by atoms with Crippen molar-refractivity contribution in [2.75, 3.05) is 0 Å². The lowest BCUT2D eigenvalue weighted by Crippen LogP contribution is -1.90. The van der Waals surface area contributed by atoms with Crippen LogP contribution in [-0.4, -0.2) is 0 Å². The SMILES string of the molecule is CCCCc1ccc(-c2ccc(C#Cc3ccc4cc(F)ccc4c3)cc2)c(F)c1. The van der Waals surface area contributed by atoms with Gasteiger partial charge in [-0.15, -0.1) is 0 Å². The Bertz CT molecular complexity index is 1240. The van der Waals surface area contributed by atoms with E-state index in [1.807, 2.05) is 54.6 Å². The van der Waals surface area contributed by atoms with Gasteiger partial charge in [0.1, 0.15) is 11.6 Å². The first kappa shape index (κ1) is 19.9. The van der Waals surface area contributed by atoms with E-state index in [1.165, 1.54) is 12.1 Å². The smallest absolute Gasteiger partial charge is 0.131 e. The van der Waals surface area contributed by atoms with Gasteiger partial charge in [-0.25, -0.2) is 8.78 Å².